The number of sulfonamides is 1. The van der Waals surface area contributed by atoms with Crippen LogP contribution in [0.1, 0.15) is 28.8 Å². The van der Waals surface area contributed by atoms with Crippen LogP contribution in [0.25, 0.3) is 0 Å². The van der Waals surface area contributed by atoms with Crippen molar-refractivity contribution in [1.82, 2.24) is 4.31 Å². The second-order valence-corrected chi connectivity index (χ2v) is 9.90. The minimum Gasteiger partial charge on any atom is -0.457 e. The molecule has 9 heteroatoms. The number of halogens is 2. The molecule has 0 N–H and O–H groups in total. The number of esters is 1. The zero-order valence-corrected chi connectivity index (χ0v) is 18.6. The molecule has 6 nitrogen and oxygen atoms in total. The van der Waals surface area contributed by atoms with Gasteiger partial charge >= 0.3 is 5.97 Å². The van der Waals surface area contributed by atoms with Crippen LogP contribution in [0.4, 0.5) is 0 Å². The summed E-state index contributed by atoms with van der Waals surface area (Å²) >= 11 is 11.9. The summed E-state index contributed by atoms with van der Waals surface area (Å²) in [5.74, 6) is -1.23. The van der Waals surface area contributed by atoms with E-state index in [-0.39, 0.29) is 40.4 Å². The van der Waals surface area contributed by atoms with E-state index in [4.69, 9.17) is 27.9 Å². The molecular weight excluding hydrogens is 449 g/mol. The second-order valence-electron chi connectivity index (χ2n) is 7.15. The van der Waals surface area contributed by atoms with Crippen molar-refractivity contribution in [3.05, 3.63) is 63.6 Å². The molecule has 0 aromatic heterocycles. The van der Waals surface area contributed by atoms with Crippen molar-refractivity contribution in [2.75, 3.05) is 19.7 Å². The maximum atomic E-state index is 12.9. The highest BCUT2D eigenvalue weighted by atomic mass is 35.5. The third-order valence-electron chi connectivity index (χ3n) is 5.02. The van der Waals surface area contributed by atoms with Gasteiger partial charge < -0.3 is 4.74 Å². The van der Waals surface area contributed by atoms with Crippen molar-refractivity contribution < 1.29 is 22.7 Å². The zero-order valence-electron chi connectivity index (χ0n) is 16.3. The molecule has 0 atom stereocenters. The van der Waals surface area contributed by atoms with Gasteiger partial charge in [0.2, 0.25) is 10.0 Å². The van der Waals surface area contributed by atoms with E-state index in [1.54, 1.807) is 12.1 Å². The Morgan fingerprint density at radius 2 is 1.70 bits per heavy atom. The van der Waals surface area contributed by atoms with Crippen molar-refractivity contribution >= 4 is 45.0 Å². The van der Waals surface area contributed by atoms with Crippen LogP contribution in [0, 0.1) is 12.8 Å². The lowest BCUT2D eigenvalue weighted by molar-refractivity contribution is -0.148. The molecule has 30 heavy (non-hydrogen) atoms. The van der Waals surface area contributed by atoms with Crippen LogP contribution in [0.3, 0.4) is 0 Å². The minimum atomic E-state index is -3.82. The van der Waals surface area contributed by atoms with Gasteiger partial charge in [-0.3, -0.25) is 9.59 Å². The Balaban J connectivity index is 1.55. The van der Waals surface area contributed by atoms with E-state index < -0.39 is 21.9 Å². The number of rotatable bonds is 6. The quantitative estimate of drug-likeness (QED) is 0.469. The molecular formula is C21H21Cl2NO5S. The number of hydrogen-bond acceptors (Lipinski definition) is 5. The largest absolute Gasteiger partial charge is 0.457 e. The number of Topliss-reactive ketones (excluding diaryl/α,β-unsaturated/α-hetero) is 1. The predicted octanol–water partition coefficient (Wildman–Crippen LogP) is 4.13. The van der Waals surface area contributed by atoms with Gasteiger partial charge in [-0.1, -0.05) is 53.0 Å². The highest BCUT2D eigenvalue weighted by Crippen LogP contribution is 2.30. The number of carbonyl (C=O) groups excluding carboxylic acids is 2. The molecule has 2 aromatic carbocycles. The molecule has 1 aliphatic rings. The van der Waals surface area contributed by atoms with E-state index in [1.807, 2.05) is 19.1 Å². The SMILES string of the molecule is Cc1ccc(C(=O)COC(=O)C2CCN(S(=O)(=O)c3cc(Cl)ccc3Cl)CC2)cc1. The predicted molar refractivity (Wildman–Crippen MR) is 114 cm³/mol. The summed E-state index contributed by atoms with van der Waals surface area (Å²) in [5, 5.41) is 0.366. The van der Waals surface area contributed by atoms with Gasteiger partial charge in [0.1, 0.15) is 4.90 Å². The lowest BCUT2D eigenvalue weighted by atomic mass is 9.98. The third-order valence-corrected chi connectivity index (χ3v) is 7.63. The fraction of sp³-hybridized carbons (Fsp3) is 0.333. The third kappa shape index (κ3) is 5.21. The summed E-state index contributed by atoms with van der Waals surface area (Å²) in [6.07, 6.45) is 0.601. The van der Waals surface area contributed by atoms with E-state index >= 15 is 0 Å². The van der Waals surface area contributed by atoms with Crippen LogP contribution in [0.2, 0.25) is 10.0 Å². The molecule has 0 radical (unpaired) electrons. The molecule has 3 rings (SSSR count). The van der Waals surface area contributed by atoms with Crippen LogP contribution >= 0.6 is 23.2 Å². The Bertz CT molecular complexity index is 1050. The maximum Gasteiger partial charge on any atom is 0.309 e. The van der Waals surface area contributed by atoms with Crippen LogP contribution in [0.15, 0.2) is 47.4 Å². The Labute approximate surface area is 185 Å². The van der Waals surface area contributed by atoms with Crippen molar-refractivity contribution in [2.45, 2.75) is 24.7 Å². The first-order valence-corrected chi connectivity index (χ1v) is 11.6. The van der Waals surface area contributed by atoms with Crippen molar-refractivity contribution in [1.29, 1.82) is 0 Å². The minimum absolute atomic E-state index is 0.0543. The zero-order chi connectivity index (χ0) is 21.9. The molecule has 0 unspecified atom stereocenters. The first-order valence-electron chi connectivity index (χ1n) is 9.40. The number of aryl methyl sites for hydroxylation is 1. The number of piperidine rings is 1. The van der Waals surface area contributed by atoms with Crippen LogP contribution in [-0.2, 0) is 19.6 Å². The van der Waals surface area contributed by atoms with Crippen LogP contribution in [0.5, 0.6) is 0 Å². The van der Waals surface area contributed by atoms with E-state index in [1.165, 1.54) is 22.5 Å². The van der Waals surface area contributed by atoms with E-state index in [9.17, 15) is 18.0 Å². The van der Waals surface area contributed by atoms with E-state index in [0.717, 1.165) is 5.56 Å². The van der Waals surface area contributed by atoms with Gasteiger partial charge in [-0.05, 0) is 38.0 Å². The maximum absolute atomic E-state index is 12.9. The lowest BCUT2D eigenvalue weighted by Gasteiger charge is -2.30. The van der Waals surface area contributed by atoms with Gasteiger partial charge in [0.15, 0.2) is 12.4 Å². The first-order chi connectivity index (χ1) is 14.2. The fourth-order valence-electron chi connectivity index (χ4n) is 3.22. The Morgan fingerprint density at radius 3 is 2.33 bits per heavy atom. The molecule has 1 saturated heterocycles. The first kappa shape index (κ1) is 22.7. The van der Waals surface area contributed by atoms with Gasteiger partial charge in [0, 0.05) is 23.7 Å². The Morgan fingerprint density at radius 1 is 1.07 bits per heavy atom. The van der Waals surface area contributed by atoms with Crippen molar-refractivity contribution in [3.63, 3.8) is 0 Å². The summed E-state index contributed by atoms with van der Waals surface area (Å²) < 4.78 is 32.2. The van der Waals surface area contributed by atoms with E-state index in [2.05, 4.69) is 0 Å². The summed E-state index contributed by atoms with van der Waals surface area (Å²) in [6, 6.07) is 11.3. The number of benzene rings is 2. The number of carbonyl (C=O) groups is 2. The Kier molecular flexibility index (Phi) is 7.18. The smallest absolute Gasteiger partial charge is 0.309 e. The molecule has 0 aliphatic carbocycles. The number of ether oxygens (including phenoxy) is 1. The molecule has 2 aromatic rings. The topological polar surface area (TPSA) is 80.8 Å². The van der Waals surface area contributed by atoms with Crippen molar-refractivity contribution in [2.24, 2.45) is 5.92 Å². The second kappa shape index (κ2) is 9.47. The molecule has 1 heterocycles. The monoisotopic (exact) mass is 469 g/mol. The average Bonchev–Trinajstić information content (AvgIpc) is 2.74. The summed E-state index contributed by atoms with van der Waals surface area (Å²) in [4.78, 5) is 24.4. The van der Waals surface area contributed by atoms with Gasteiger partial charge in [0.05, 0.1) is 10.9 Å². The van der Waals surface area contributed by atoms with Gasteiger partial charge in [-0.2, -0.15) is 4.31 Å². The number of nitrogens with zero attached hydrogens (tertiary/aromatic N) is 1. The molecule has 0 spiro atoms. The number of hydrogen-bond donors (Lipinski definition) is 0. The van der Waals surface area contributed by atoms with Gasteiger partial charge in [0.25, 0.3) is 0 Å². The van der Waals surface area contributed by atoms with E-state index in [0.29, 0.717) is 18.4 Å². The van der Waals surface area contributed by atoms with Crippen LogP contribution < -0.4 is 0 Å². The standard InChI is InChI=1S/C21H21Cl2NO5S/c1-14-2-4-15(5-3-14)19(25)13-29-21(26)16-8-10-24(11-9-16)30(27,28)20-12-17(22)6-7-18(20)23/h2-7,12,16H,8-11,13H2,1H3. The van der Waals surface area contributed by atoms with Crippen LogP contribution in [-0.4, -0.2) is 44.2 Å². The van der Waals surface area contributed by atoms with Gasteiger partial charge in [-0.25, -0.2) is 8.42 Å². The summed E-state index contributed by atoms with van der Waals surface area (Å²) in [6.45, 7) is 1.88. The normalized spacial score (nSPS) is 15.7. The molecule has 0 amide bonds. The highest BCUT2D eigenvalue weighted by Gasteiger charge is 2.34. The lowest BCUT2D eigenvalue weighted by Crippen LogP contribution is -2.40. The highest BCUT2D eigenvalue weighted by molar-refractivity contribution is 7.89. The van der Waals surface area contributed by atoms with Gasteiger partial charge in [-0.15, -0.1) is 0 Å². The molecule has 1 fully saturated rings. The fourth-order valence-corrected chi connectivity index (χ4v) is 5.43. The molecule has 160 valence electrons. The number of ketones is 1. The summed E-state index contributed by atoms with van der Waals surface area (Å²) in [5.41, 5.74) is 1.51. The Hall–Kier alpha value is -1.93. The molecule has 0 bridgehead atoms. The molecule has 0 saturated carbocycles. The average molecular weight is 470 g/mol. The molecule has 1 aliphatic heterocycles. The summed E-state index contributed by atoms with van der Waals surface area (Å²) in [7, 11) is -3.82. The van der Waals surface area contributed by atoms with Crippen molar-refractivity contribution in [3.8, 4) is 0 Å².